The largest absolute Gasteiger partial charge is 0.343 e. The summed E-state index contributed by atoms with van der Waals surface area (Å²) in [5.74, 6) is 0.0251. The Morgan fingerprint density at radius 1 is 0.760 bits per heavy atom. The summed E-state index contributed by atoms with van der Waals surface area (Å²) in [6.45, 7) is 12.9. The third-order valence-corrected chi connectivity index (χ3v) is 12.0. The zero-order valence-corrected chi connectivity index (χ0v) is 30.8. The molecule has 3 amide bonds. The zero-order valence-electron chi connectivity index (χ0n) is 30.8. The number of fused-ring (bicyclic) bond motifs is 1. The molecule has 1 aliphatic carbocycles. The Bertz CT molecular complexity index is 1530. The van der Waals surface area contributed by atoms with E-state index < -0.39 is 5.54 Å². The van der Waals surface area contributed by atoms with Gasteiger partial charge in [-0.15, -0.1) is 0 Å². The molecule has 2 atom stereocenters. The van der Waals surface area contributed by atoms with Crippen LogP contribution in [-0.4, -0.2) is 89.1 Å². The summed E-state index contributed by atoms with van der Waals surface area (Å²) in [7, 11) is 0. The molecule has 0 saturated carbocycles. The van der Waals surface area contributed by atoms with Gasteiger partial charge in [-0.3, -0.25) is 19.2 Å². The number of carbonyl (C=O) groups excluding carboxylic acids is 4. The summed E-state index contributed by atoms with van der Waals surface area (Å²) >= 11 is 0. The summed E-state index contributed by atoms with van der Waals surface area (Å²) in [5, 5.41) is 3.07. The first-order valence-corrected chi connectivity index (χ1v) is 19.2. The molecule has 0 spiro atoms. The zero-order chi connectivity index (χ0) is 35.5. The number of piperidine rings is 3. The lowest BCUT2D eigenvalue weighted by molar-refractivity contribution is -0.147. The van der Waals surface area contributed by atoms with Gasteiger partial charge in [0.15, 0.2) is 0 Å². The van der Waals surface area contributed by atoms with Crippen molar-refractivity contribution in [2.75, 3.05) is 39.3 Å². The molecule has 8 nitrogen and oxygen atoms in total. The monoisotopic (exact) mass is 682 g/mol. The van der Waals surface area contributed by atoms with Gasteiger partial charge in [0, 0.05) is 44.6 Å². The molecule has 2 aromatic carbocycles. The minimum Gasteiger partial charge on any atom is -0.343 e. The number of nitrogens with zero attached hydrogens (tertiary/aromatic N) is 3. The van der Waals surface area contributed by atoms with Crippen molar-refractivity contribution in [3.8, 4) is 0 Å². The van der Waals surface area contributed by atoms with Crippen LogP contribution in [0.5, 0.6) is 0 Å². The minimum absolute atomic E-state index is 0.00129. The normalized spacial score (nSPS) is 22.5. The van der Waals surface area contributed by atoms with Gasteiger partial charge >= 0.3 is 0 Å². The van der Waals surface area contributed by atoms with Gasteiger partial charge in [-0.2, -0.15) is 0 Å². The molecule has 4 aliphatic rings. The Morgan fingerprint density at radius 3 is 2.02 bits per heavy atom. The lowest BCUT2D eigenvalue weighted by atomic mass is 9.73. The second-order valence-electron chi connectivity index (χ2n) is 16.7. The van der Waals surface area contributed by atoms with Gasteiger partial charge in [-0.05, 0) is 98.5 Å². The van der Waals surface area contributed by atoms with Crippen LogP contribution in [0, 0.1) is 11.8 Å². The maximum Gasteiger partial charge on any atom is 0.248 e. The molecule has 3 aliphatic heterocycles. The molecule has 8 heteroatoms. The number of rotatable bonds is 8. The summed E-state index contributed by atoms with van der Waals surface area (Å²) in [5.41, 5.74) is 3.15. The van der Waals surface area contributed by atoms with Crippen LogP contribution in [0.3, 0.4) is 0 Å². The Balaban J connectivity index is 1.11. The lowest BCUT2D eigenvalue weighted by Gasteiger charge is -2.43. The summed E-state index contributed by atoms with van der Waals surface area (Å²) in [4.78, 5) is 61.4. The van der Waals surface area contributed by atoms with Crippen LogP contribution < -0.4 is 5.32 Å². The molecule has 0 bridgehead atoms. The van der Waals surface area contributed by atoms with Crippen LogP contribution >= 0.6 is 0 Å². The Hall–Kier alpha value is -3.52. The SMILES string of the molecule is CC(C)(C)c1ccc(CC(=O)N[C@@](C)(CC(=O)N2CCC(C3Cc4ccccc4CC3=O)CC2)C(=O)N2CCC(N3CCCCC3)CC2)cc1. The summed E-state index contributed by atoms with van der Waals surface area (Å²) in [6, 6.07) is 16.8. The minimum atomic E-state index is -1.35. The topological polar surface area (TPSA) is 90.0 Å². The second-order valence-corrected chi connectivity index (χ2v) is 16.7. The smallest absolute Gasteiger partial charge is 0.248 e. The molecular formula is C42H58N4O4. The number of carbonyl (C=O) groups is 4. The predicted molar refractivity (Wildman–Crippen MR) is 197 cm³/mol. The van der Waals surface area contributed by atoms with E-state index in [0.29, 0.717) is 44.4 Å². The van der Waals surface area contributed by atoms with Crippen molar-refractivity contribution >= 4 is 23.5 Å². The van der Waals surface area contributed by atoms with Crippen molar-refractivity contribution in [3.05, 3.63) is 70.8 Å². The quantitative estimate of drug-likeness (QED) is 0.398. The van der Waals surface area contributed by atoms with Crippen molar-refractivity contribution in [2.45, 2.75) is 115 Å². The number of benzene rings is 2. The molecule has 3 heterocycles. The number of Topliss-reactive ketones (excluding diaryl/α,β-unsaturated/α-hetero) is 1. The molecule has 1 unspecified atom stereocenters. The van der Waals surface area contributed by atoms with E-state index in [1.54, 1.807) is 6.92 Å². The Kier molecular flexibility index (Phi) is 11.2. The number of likely N-dealkylation sites (tertiary alicyclic amines) is 3. The van der Waals surface area contributed by atoms with Crippen molar-refractivity contribution in [1.82, 2.24) is 20.0 Å². The van der Waals surface area contributed by atoms with E-state index in [-0.39, 0.29) is 47.8 Å². The fourth-order valence-electron chi connectivity index (χ4n) is 8.89. The van der Waals surface area contributed by atoms with E-state index >= 15 is 0 Å². The number of nitrogens with one attached hydrogen (secondary N) is 1. The Morgan fingerprint density at radius 2 is 1.38 bits per heavy atom. The lowest BCUT2D eigenvalue weighted by Crippen LogP contribution is -2.62. The van der Waals surface area contributed by atoms with E-state index in [1.807, 2.05) is 34.1 Å². The molecule has 2 aromatic rings. The number of ketones is 1. The van der Waals surface area contributed by atoms with Crippen molar-refractivity contribution < 1.29 is 19.2 Å². The van der Waals surface area contributed by atoms with E-state index in [1.165, 1.54) is 30.4 Å². The van der Waals surface area contributed by atoms with Crippen LogP contribution in [0.2, 0.25) is 0 Å². The van der Waals surface area contributed by atoms with E-state index in [2.05, 4.69) is 55.3 Å². The van der Waals surface area contributed by atoms with Crippen LogP contribution in [-0.2, 0) is 43.9 Å². The van der Waals surface area contributed by atoms with E-state index in [0.717, 1.165) is 56.3 Å². The van der Waals surface area contributed by atoms with Gasteiger partial charge in [-0.25, -0.2) is 0 Å². The maximum atomic E-state index is 14.3. The van der Waals surface area contributed by atoms with Gasteiger partial charge in [0.25, 0.3) is 0 Å². The van der Waals surface area contributed by atoms with E-state index in [4.69, 9.17) is 0 Å². The maximum absolute atomic E-state index is 14.3. The van der Waals surface area contributed by atoms with Crippen LogP contribution in [0.1, 0.15) is 101 Å². The first-order valence-electron chi connectivity index (χ1n) is 19.2. The van der Waals surface area contributed by atoms with Gasteiger partial charge in [0.2, 0.25) is 17.7 Å². The number of hydrogen-bond acceptors (Lipinski definition) is 5. The Labute approximate surface area is 299 Å². The predicted octanol–water partition coefficient (Wildman–Crippen LogP) is 5.49. The second kappa shape index (κ2) is 15.4. The van der Waals surface area contributed by atoms with Crippen molar-refractivity contribution in [3.63, 3.8) is 0 Å². The fourth-order valence-corrected chi connectivity index (χ4v) is 8.89. The molecule has 270 valence electrons. The highest BCUT2D eigenvalue weighted by Gasteiger charge is 2.43. The average molecular weight is 683 g/mol. The highest BCUT2D eigenvalue weighted by molar-refractivity contribution is 5.96. The summed E-state index contributed by atoms with van der Waals surface area (Å²) in [6.07, 6.45) is 8.50. The number of hydrogen-bond donors (Lipinski definition) is 1. The molecule has 6 rings (SSSR count). The molecule has 1 N–H and O–H groups in total. The van der Waals surface area contributed by atoms with Crippen LogP contribution in [0.25, 0.3) is 0 Å². The first kappa shape index (κ1) is 36.3. The highest BCUT2D eigenvalue weighted by Crippen LogP contribution is 2.34. The van der Waals surface area contributed by atoms with Crippen LogP contribution in [0.4, 0.5) is 0 Å². The molecule has 0 aromatic heterocycles. The first-order chi connectivity index (χ1) is 23.9. The van der Waals surface area contributed by atoms with Gasteiger partial charge in [0.1, 0.15) is 11.3 Å². The van der Waals surface area contributed by atoms with Gasteiger partial charge in [0.05, 0.1) is 12.8 Å². The average Bonchev–Trinajstić information content (AvgIpc) is 3.11. The number of amides is 3. The molecule has 0 radical (unpaired) electrons. The third-order valence-electron chi connectivity index (χ3n) is 12.0. The standard InChI is InChI=1S/C42H58N4O4/c1-41(2,3)34-14-12-30(13-15-34)26-38(48)43-42(4,40(50)46-24-18-35(19-25-46)44-20-8-5-9-21-44)29-39(49)45-22-16-31(17-23-45)36-27-32-10-6-7-11-33(32)28-37(36)47/h6-7,10-15,31,35-36H,5,8-9,16-29H2,1-4H3,(H,43,48)/t36?,42-/m0/s1. The molecule has 3 saturated heterocycles. The van der Waals surface area contributed by atoms with Crippen LogP contribution in [0.15, 0.2) is 48.5 Å². The van der Waals surface area contributed by atoms with E-state index in [9.17, 15) is 19.2 Å². The molecular weight excluding hydrogens is 624 g/mol. The third kappa shape index (κ3) is 8.50. The fraction of sp³-hybridized carbons (Fsp3) is 0.619. The molecule has 50 heavy (non-hydrogen) atoms. The van der Waals surface area contributed by atoms with Crippen molar-refractivity contribution in [1.29, 1.82) is 0 Å². The van der Waals surface area contributed by atoms with Gasteiger partial charge < -0.3 is 20.0 Å². The highest BCUT2D eigenvalue weighted by atomic mass is 16.2. The summed E-state index contributed by atoms with van der Waals surface area (Å²) < 4.78 is 0. The molecule has 3 fully saturated rings. The van der Waals surface area contributed by atoms with Crippen molar-refractivity contribution in [2.24, 2.45) is 11.8 Å². The van der Waals surface area contributed by atoms with Gasteiger partial charge in [-0.1, -0.05) is 75.7 Å².